The van der Waals surface area contributed by atoms with Crippen molar-refractivity contribution in [3.05, 3.63) is 63.5 Å². The lowest BCUT2D eigenvalue weighted by molar-refractivity contribution is -0.385. The molecule has 2 aromatic carbocycles. The number of ether oxygens (including phenoxy) is 1. The van der Waals surface area contributed by atoms with E-state index in [-0.39, 0.29) is 5.69 Å². The summed E-state index contributed by atoms with van der Waals surface area (Å²) in [4.78, 5) is 10.4. The molecule has 110 valence electrons. The molecule has 0 saturated carbocycles. The minimum Gasteiger partial charge on any atom is -0.457 e. The third-order valence-corrected chi connectivity index (χ3v) is 2.99. The second-order valence-electron chi connectivity index (χ2n) is 4.58. The van der Waals surface area contributed by atoms with Gasteiger partial charge >= 0.3 is 0 Å². The first-order chi connectivity index (χ1) is 10.0. The highest BCUT2D eigenvalue weighted by Gasteiger charge is 2.15. The SMILES string of the molecule is CNCc1cc(F)cc(Oc2cccc([N+](=O)[O-])c2C)c1. The van der Waals surface area contributed by atoms with Gasteiger partial charge in [-0.1, -0.05) is 6.07 Å². The van der Waals surface area contributed by atoms with Crippen LogP contribution in [0.1, 0.15) is 11.1 Å². The molecule has 0 saturated heterocycles. The highest BCUT2D eigenvalue weighted by atomic mass is 19.1. The molecule has 0 aliphatic carbocycles. The summed E-state index contributed by atoms with van der Waals surface area (Å²) in [6.07, 6.45) is 0. The number of nitrogens with zero attached hydrogens (tertiary/aromatic N) is 1. The number of rotatable bonds is 5. The van der Waals surface area contributed by atoms with Crippen molar-refractivity contribution in [2.24, 2.45) is 0 Å². The van der Waals surface area contributed by atoms with Gasteiger partial charge in [0.1, 0.15) is 17.3 Å². The summed E-state index contributed by atoms with van der Waals surface area (Å²) >= 11 is 0. The van der Waals surface area contributed by atoms with Crippen molar-refractivity contribution in [3.8, 4) is 11.5 Å². The molecule has 0 heterocycles. The van der Waals surface area contributed by atoms with E-state index >= 15 is 0 Å². The summed E-state index contributed by atoms with van der Waals surface area (Å²) in [6, 6.07) is 8.90. The van der Waals surface area contributed by atoms with Gasteiger partial charge in [0, 0.05) is 18.7 Å². The van der Waals surface area contributed by atoms with E-state index in [0.29, 0.717) is 23.6 Å². The van der Waals surface area contributed by atoms with Gasteiger partial charge in [-0.2, -0.15) is 0 Å². The van der Waals surface area contributed by atoms with Crippen LogP contribution in [-0.4, -0.2) is 12.0 Å². The Bertz CT molecular complexity index is 674. The van der Waals surface area contributed by atoms with Gasteiger partial charge in [-0.3, -0.25) is 10.1 Å². The van der Waals surface area contributed by atoms with E-state index in [1.807, 2.05) is 0 Å². The normalized spacial score (nSPS) is 10.4. The van der Waals surface area contributed by atoms with Gasteiger partial charge in [-0.05, 0) is 37.7 Å². The van der Waals surface area contributed by atoms with E-state index in [0.717, 1.165) is 5.56 Å². The number of benzene rings is 2. The number of hydrogen-bond acceptors (Lipinski definition) is 4. The fraction of sp³-hybridized carbons (Fsp3) is 0.200. The molecular formula is C15H15FN2O3. The van der Waals surface area contributed by atoms with Crippen molar-refractivity contribution in [1.29, 1.82) is 0 Å². The average molecular weight is 290 g/mol. The zero-order valence-electron chi connectivity index (χ0n) is 11.7. The van der Waals surface area contributed by atoms with Crippen molar-refractivity contribution < 1.29 is 14.1 Å². The molecule has 6 heteroatoms. The highest BCUT2D eigenvalue weighted by Crippen LogP contribution is 2.31. The van der Waals surface area contributed by atoms with Crippen molar-refractivity contribution in [3.63, 3.8) is 0 Å². The van der Waals surface area contributed by atoms with Gasteiger partial charge in [0.2, 0.25) is 0 Å². The van der Waals surface area contributed by atoms with E-state index in [1.54, 1.807) is 26.1 Å². The van der Waals surface area contributed by atoms with E-state index in [4.69, 9.17) is 4.74 Å². The van der Waals surface area contributed by atoms with E-state index in [1.165, 1.54) is 24.3 Å². The van der Waals surface area contributed by atoms with E-state index < -0.39 is 10.7 Å². The molecule has 0 radical (unpaired) electrons. The van der Waals surface area contributed by atoms with Crippen LogP contribution >= 0.6 is 0 Å². The quantitative estimate of drug-likeness (QED) is 0.675. The maximum Gasteiger partial charge on any atom is 0.276 e. The second-order valence-corrected chi connectivity index (χ2v) is 4.58. The summed E-state index contributed by atoms with van der Waals surface area (Å²) < 4.78 is 19.1. The summed E-state index contributed by atoms with van der Waals surface area (Å²) in [5.74, 6) is 0.231. The predicted molar refractivity (Wildman–Crippen MR) is 77.1 cm³/mol. The molecule has 0 amide bonds. The largest absolute Gasteiger partial charge is 0.457 e. The lowest BCUT2D eigenvalue weighted by atomic mass is 10.1. The molecule has 0 bridgehead atoms. The first-order valence-electron chi connectivity index (χ1n) is 6.37. The van der Waals surface area contributed by atoms with Gasteiger partial charge in [-0.15, -0.1) is 0 Å². The molecule has 0 aliphatic heterocycles. The Hall–Kier alpha value is -2.47. The van der Waals surface area contributed by atoms with Crippen LogP contribution in [0, 0.1) is 22.9 Å². The van der Waals surface area contributed by atoms with Gasteiger partial charge in [0.15, 0.2) is 0 Å². The average Bonchev–Trinajstić information content (AvgIpc) is 2.40. The minimum absolute atomic E-state index is 0.0284. The number of halogens is 1. The molecule has 1 N–H and O–H groups in total. The summed E-state index contributed by atoms with van der Waals surface area (Å²) in [7, 11) is 1.76. The van der Waals surface area contributed by atoms with Crippen molar-refractivity contribution in [2.75, 3.05) is 7.05 Å². The Morgan fingerprint density at radius 2 is 2.10 bits per heavy atom. The third-order valence-electron chi connectivity index (χ3n) is 2.99. The summed E-state index contributed by atoms with van der Waals surface area (Å²) in [5, 5.41) is 13.8. The Balaban J connectivity index is 2.34. The van der Waals surface area contributed by atoms with E-state index in [9.17, 15) is 14.5 Å². The zero-order chi connectivity index (χ0) is 15.4. The minimum atomic E-state index is -0.472. The van der Waals surface area contributed by atoms with Gasteiger partial charge in [-0.25, -0.2) is 4.39 Å². The summed E-state index contributed by atoms with van der Waals surface area (Å²) in [6.45, 7) is 2.10. The monoisotopic (exact) mass is 290 g/mol. The van der Waals surface area contributed by atoms with Crippen LogP contribution in [0.3, 0.4) is 0 Å². The van der Waals surface area contributed by atoms with Crippen LogP contribution in [-0.2, 0) is 6.54 Å². The predicted octanol–water partition coefficient (Wildman–Crippen LogP) is 3.55. The van der Waals surface area contributed by atoms with Crippen LogP contribution in [0.25, 0.3) is 0 Å². The standard InChI is InChI=1S/C15H15FN2O3/c1-10-14(18(19)20)4-3-5-15(10)21-13-7-11(9-17-2)6-12(16)8-13/h3-8,17H,9H2,1-2H3. The summed E-state index contributed by atoms with van der Waals surface area (Å²) in [5.41, 5.74) is 1.11. The van der Waals surface area contributed by atoms with Gasteiger partial charge in [0.25, 0.3) is 5.69 Å². The molecule has 0 aliphatic rings. The first-order valence-corrected chi connectivity index (χ1v) is 6.37. The number of nitrogens with one attached hydrogen (secondary N) is 1. The van der Waals surface area contributed by atoms with Crippen LogP contribution in [0.5, 0.6) is 11.5 Å². The highest BCUT2D eigenvalue weighted by molar-refractivity contribution is 5.50. The maximum atomic E-state index is 13.5. The van der Waals surface area contributed by atoms with Crippen LogP contribution in [0.4, 0.5) is 10.1 Å². The second kappa shape index (κ2) is 6.32. The zero-order valence-corrected chi connectivity index (χ0v) is 11.7. The van der Waals surface area contributed by atoms with Crippen LogP contribution < -0.4 is 10.1 Å². The molecule has 0 spiro atoms. The molecule has 0 atom stereocenters. The fourth-order valence-electron chi connectivity index (χ4n) is 2.02. The fourth-order valence-corrected chi connectivity index (χ4v) is 2.02. The molecule has 2 rings (SSSR count). The molecule has 5 nitrogen and oxygen atoms in total. The van der Waals surface area contributed by atoms with Crippen LogP contribution in [0.15, 0.2) is 36.4 Å². The number of hydrogen-bond donors (Lipinski definition) is 1. The first kappa shape index (κ1) is 14.9. The van der Waals surface area contributed by atoms with E-state index in [2.05, 4.69) is 5.32 Å². The van der Waals surface area contributed by atoms with Gasteiger partial charge in [0.05, 0.1) is 10.5 Å². The molecule has 0 aromatic heterocycles. The number of nitro groups is 1. The van der Waals surface area contributed by atoms with Crippen molar-refractivity contribution in [2.45, 2.75) is 13.5 Å². The molecular weight excluding hydrogens is 275 g/mol. The number of nitro benzene ring substituents is 1. The molecule has 21 heavy (non-hydrogen) atoms. The Kier molecular flexibility index (Phi) is 4.49. The lowest BCUT2D eigenvalue weighted by Crippen LogP contribution is -2.05. The molecule has 0 fully saturated rings. The smallest absolute Gasteiger partial charge is 0.276 e. The van der Waals surface area contributed by atoms with Crippen molar-refractivity contribution in [1.82, 2.24) is 5.32 Å². The lowest BCUT2D eigenvalue weighted by Gasteiger charge is -2.10. The topological polar surface area (TPSA) is 64.4 Å². The van der Waals surface area contributed by atoms with Crippen LogP contribution in [0.2, 0.25) is 0 Å². The van der Waals surface area contributed by atoms with Gasteiger partial charge < -0.3 is 10.1 Å². The Labute approximate surface area is 121 Å². The molecule has 0 unspecified atom stereocenters. The van der Waals surface area contributed by atoms with Crippen molar-refractivity contribution >= 4 is 5.69 Å². The Morgan fingerprint density at radius 1 is 1.33 bits per heavy atom. The molecule has 2 aromatic rings. The Morgan fingerprint density at radius 3 is 2.76 bits per heavy atom. The maximum absolute atomic E-state index is 13.5. The third kappa shape index (κ3) is 3.55.